The summed E-state index contributed by atoms with van der Waals surface area (Å²) in [4.78, 5) is 37.1. The molecule has 2 heterocycles. The first-order valence-electron chi connectivity index (χ1n) is 12.5. The fourth-order valence-electron chi connectivity index (χ4n) is 4.73. The third-order valence-electron chi connectivity index (χ3n) is 6.93. The number of ether oxygens (including phenoxy) is 1. The maximum Gasteiger partial charge on any atom is 0.337 e. The molecule has 7 nitrogen and oxygen atoms in total. The highest BCUT2D eigenvalue weighted by atomic mass is 32.1. The first kappa shape index (κ1) is 25.8. The highest BCUT2D eigenvalue weighted by Crippen LogP contribution is 2.32. The van der Waals surface area contributed by atoms with Crippen molar-refractivity contribution >= 4 is 46.8 Å². The topological polar surface area (TPSA) is 78.0 Å². The summed E-state index contributed by atoms with van der Waals surface area (Å²) in [5.74, 6) is -0.266. The Morgan fingerprint density at radius 1 is 1.03 bits per heavy atom. The van der Waals surface area contributed by atoms with Gasteiger partial charge in [0.2, 0.25) is 5.91 Å². The minimum Gasteiger partial charge on any atom is -0.465 e. The largest absolute Gasteiger partial charge is 0.465 e. The van der Waals surface area contributed by atoms with Gasteiger partial charge in [0, 0.05) is 35.1 Å². The smallest absolute Gasteiger partial charge is 0.337 e. The van der Waals surface area contributed by atoms with Crippen LogP contribution in [0.2, 0.25) is 0 Å². The van der Waals surface area contributed by atoms with Gasteiger partial charge in [0.1, 0.15) is 0 Å². The number of nitrogens with one attached hydrogen (secondary N) is 1. The number of nitrogens with zero attached hydrogens (tertiary/aromatic N) is 3. The van der Waals surface area contributed by atoms with E-state index in [9.17, 15) is 9.59 Å². The number of hydrogen-bond donors (Lipinski definition) is 2. The van der Waals surface area contributed by atoms with Crippen molar-refractivity contribution in [2.45, 2.75) is 25.0 Å². The number of likely N-dealkylation sites (N-methyl/N-ethyl adjacent to an activating group) is 1. The number of amides is 1. The lowest BCUT2D eigenvalue weighted by Gasteiger charge is -2.19. The maximum atomic E-state index is 12.7. The number of carbonyl (C=O) groups excluding carboxylic acids is 2. The van der Waals surface area contributed by atoms with Crippen molar-refractivity contribution in [3.8, 4) is 0 Å². The van der Waals surface area contributed by atoms with Crippen LogP contribution in [0.5, 0.6) is 0 Å². The van der Waals surface area contributed by atoms with Crippen LogP contribution in [-0.2, 0) is 22.6 Å². The monoisotopic (exact) mass is 526 g/mol. The van der Waals surface area contributed by atoms with E-state index in [-0.39, 0.29) is 5.91 Å². The van der Waals surface area contributed by atoms with Crippen LogP contribution in [0.1, 0.15) is 39.5 Å². The van der Waals surface area contributed by atoms with Crippen LogP contribution in [0.3, 0.4) is 0 Å². The summed E-state index contributed by atoms with van der Waals surface area (Å²) in [6.45, 7) is 4.49. The fraction of sp³-hybridized carbons (Fsp3) is 0.233. The van der Waals surface area contributed by atoms with E-state index in [1.807, 2.05) is 66.2 Å². The van der Waals surface area contributed by atoms with Crippen molar-refractivity contribution in [3.63, 3.8) is 0 Å². The van der Waals surface area contributed by atoms with Crippen molar-refractivity contribution in [2.24, 2.45) is 4.99 Å². The van der Waals surface area contributed by atoms with Crippen LogP contribution in [0.4, 0.5) is 5.69 Å². The summed E-state index contributed by atoms with van der Waals surface area (Å²) in [6.07, 6.45) is 0. The molecule has 194 valence electrons. The Morgan fingerprint density at radius 3 is 2.53 bits per heavy atom. The molecule has 4 aromatic rings. The van der Waals surface area contributed by atoms with Crippen molar-refractivity contribution in [1.82, 2.24) is 14.8 Å². The second kappa shape index (κ2) is 10.8. The normalized spacial score (nSPS) is 13.3. The minimum atomic E-state index is -0.396. The molecule has 0 radical (unpaired) electrons. The number of aromatic amines is 1. The molecule has 8 heteroatoms. The van der Waals surface area contributed by atoms with E-state index in [0.717, 1.165) is 51.1 Å². The average Bonchev–Trinajstić information content (AvgIpc) is 3.51. The third kappa shape index (κ3) is 5.10. The number of esters is 1. The Balaban J connectivity index is 1.54. The van der Waals surface area contributed by atoms with Gasteiger partial charge in [-0.3, -0.25) is 9.69 Å². The van der Waals surface area contributed by atoms with Gasteiger partial charge < -0.3 is 14.6 Å². The average molecular weight is 527 g/mol. The number of rotatable bonds is 7. The van der Waals surface area contributed by atoms with Crippen LogP contribution in [0.15, 0.2) is 76.7 Å². The number of carbonyl (C=O) groups is 2. The Kier molecular flexibility index (Phi) is 7.35. The molecule has 1 aliphatic heterocycles. The van der Waals surface area contributed by atoms with E-state index < -0.39 is 5.97 Å². The van der Waals surface area contributed by atoms with E-state index in [4.69, 9.17) is 22.4 Å². The number of benzene rings is 3. The van der Waals surface area contributed by atoms with E-state index in [2.05, 4.69) is 17.1 Å². The van der Waals surface area contributed by atoms with Gasteiger partial charge in [-0.25, -0.2) is 9.79 Å². The van der Waals surface area contributed by atoms with Gasteiger partial charge >= 0.3 is 5.97 Å². The number of hydrogen-bond acceptors (Lipinski definition) is 6. The molecule has 0 unspecified atom stereocenters. The summed E-state index contributed by atoms with van der Waals surface area (Å²) >= 11 is 4.75. The zero-order valence-corrected chi connectivity index (χ0v) is 22.6. The highest BCUT2D eigenvalue weighted by Gasteiger charge is 2.24. The van der Waals surface area contributed by atoms with E-state index >= 15 is 0 Å². The van der Waals surface area contributed by atoms with Gasteiger partial charge in [0.15, 0.2) is 0 Å². The summed E-state index contributed by atoms with van der Waals surface area (Å²) in [5, 5.41) is 1.56. The van der Waals surface area contributed by atoms with Gasteiger partial charge in [-0.15, -0.1) is 12.6 Å². The predicted molar refractivity (Wildman–Crippen MR) is 152 cm³/mol. The third-order valence-corrected chi connectivity index (χ3v) is 7.27. The zero-order chi connectivity index (χ0) is 26.8. The molecule has 38 heavy (non-hydrogen) atoms. The maximum absolute atomic E-state index is 12.7. The lowest BCUT2D eigenvalue weighted by molar-refractivity contribution is -0.132. The Hall–Kier alpha value is -3.88. The first-order chi connectivity index (χ1) is 18.4. The quantitative estimate of drug-likeness (QED) is 0.197. The van der Waals surface area contributed by atoms with Gasteiger partial charge in [0.05, 0.1) is 35.6 Å². The zero-order valence-electron chi connectivity index (χ0n) is 21.7. The van der Waals surface area contributed by atoms with Crippen molar-refractivity contribution in [1.29, 1.82) is 0 Å². The fourth-order valence-corrected chi connectivity index (χ4v) is 5.07. The van der Waals surface area contributed by atoms with Crippen LogP contribution in [0.25, 0.3) is 10.9 Å². The molecular weight excluding hydrogens is 496 g/mol. The molecule has 1 aliphatic rings. The molecule has 1 amide bonds. The van der Waals surface area contributed by atoms with Crippen LogP contribution < -0.4 is 0 Å². The van der Waals surface area contributed by atoms with Crippen LogP contribution in [-0.4, -0.2) is 59.6 Å². The Labute approximate surface area is 227 Å². The van der Waals surface area contributed by atoms with Gasteiger partial charge in [-0.1, -0.05) is 49.4 Å². The molecular formula is C30H30N4O3S. The van der Waals surface area contributed by atoms with Gasteiger partial charge in [0.25, 0.3) is 0 Å². The van der Waals surface area contributed by atoms with Crippen molar-refractivity contribution in [3.05, 3.63) is 94.5 Å². The molecule has 0 spiro atoms. The number of thiol groups is 1. The van der Waals surface area contributed by atoms with E-state index in [1.54, 1.807) is 12.1 Å². The second-order valence-electron chi connectivity index (χ2n) is 9.46. The molecule has 0 aliphatic carbocycles. The molecule has 3 aromatic carbocycles. The lowest BCUT2D eigenvalue weighted by atomic mass is 10.0. The molecule has 0 saturated carbocycles. The SMILES string of the molecule is CCN(C)CC(=O)N1Cc2ccc(N=C(c3ccccc3)c3c(S)[nH]c4cc(C(=O)OC)ccc34)cc2C1. The van der Waals surface area contributed by atoms with E-state index in [0.29, 0.717) is 30.2 Å². The number of H-pyrrole nitrogens is 1. The number of fused-ring (bicyclic) bond motifs is 2. The summed E-state index contributed by atoms with van der Waals surface area (Å²) in [6, 6.07) is 21.5. The standard InChI is InChI=1S/C30H30N4O3S/c1-4-33(2)18-26(35)34-16-21-10-12-23(14-22(21)17-34)31-28(19-8-6-5-7-9-19)27-24-13-11-20(30(36)37-3)15-25(24)32-29(27)38/h5-15,32,38H,4,16-18H2,1-3H3. The predicted octanol–water partition coefficient (Wildman–Crippen LogP) is 5.21. The Bertz CT molecular complexity index is 1540. The molecule has 0 saturated heterocycles. The molecule has 1 N–H and O–H groups in total. The molecule has 5 rings (SSSR count). The second-order valence-corrected chi connectivity index (χ2v) is 9.91. The molecule has 0 atom stereocenters. The van der Waals surface area contributed by atoms with Gasteiger partial charge in [-0.05, 0) is 49.0 Å². The number of aromatic nitrogens is 1. The molecule has 0 bridgehead atoms. The Morgan fingerprint density at radius 2 is 1.79 bits per heavy atom. The molecule has 0 fully saturated rings. The van der Waals surface area contributed by atoms with Gasteiger partial charge in [-0.2, -0.15) is 0 Å². The summed E-state index contributed by atoms with van der Waals surface area (Å²) < 4.78 is 4.88. The lowest BCUT2D eigenvalue weighted by Crippen LogP contribution is -2.35. The first-order valence-corrected chi connectivity index (χ1v) is 13.0. The highest BCUT2D eigenvalue weighted by molar-refractivity contribution is 7.80. The van der Waals surface area contributed by atoms with Crippen LogP contribution in [0, 0.1) is 0 Å². The number of methoxy groups -OCH3 is 1. The summed E-state index contributed by atoms with van der Waals surface area (Å²) in [5.41, 5.74) is 6.86. The summed E-state index contributed by atoms with van der Waals surface area (Å²) in [7, 11) is 3.32. The minimum absolute atomic E-state index is 0.130. The van der Waals surface area contributed by atoms with E-state index in [1.165, 1.54) is 7.11 Å². The van der Waals surface area contributed by atoms with Crippen molar-refractivity contribution < 1.29 is 14.3 Å². The van der Waals surface area contributed by atoms with Crippen molar-refractivity contribution in [2.75, 3.05) is 27.2 Å². The van der Waals surface area contributed by atoms with Crippen LogP contribution >= 0.6 is 12.6 Å². The molecule has 1 aromatic heterocycles. The number of aliphatic imine (C=N–C) groups is 1.